The fraction of sp³-hybridized carbons (Fsp3) is 0.245. The molecule has 4 fully saturated rings. The van der Waals surface area contributed by atoms with Crippen molar-refractivity contribution in [2.45, 2.75) is 63.2 Å². The molecule has 0 atom stereocenters. The van der Waals surface area contributed by atoms with Gasteiger partial charge in [0.2, 0.25) is 0 Å². The zero-order valence-corrected chi connectivity index (χ0v) is 31.4. The van der Waals surface area contributed by atoms with Crippen LogP contribution in [0.15, 0.2) is 158 Å². The van der Waals surface area contributed by atoms with Crippen LogP contribution in [-0.2, 0) is 10.8 Å². The summed E-state index contributed by atoms with van der Waals surface area (Å²) in [5.74, 6) is 2.78. The van der Waals surface area contributed by atoms with Crippen molar-refractivity contribution < 1.29 is 0 Å². The summed E-state index contributed by atoms with van der Waals surface area (Å²) >= 11 is 0. The number of fused-ring (bicyclic) bond motifs is 4. The predicted molar refractivity (Wildman–Crippen MR) is 227 cm³/mol. The molecule has 1 nitrogen and oxygen atoms in total. The first-order valence-corrected chi connectivity index (χ1v) is 20.3. The summed E-state index contributed by atoms with van der Waals surface area (Å²) in [5.41, 5.74) is 16.0. The van der Waals surface area contributed by atoms with Crippen LogP contribution in [0.4, 0.5) is 17.1 Å². The quantitative estimate of drug-likeness (QED) is 0.167. The summed E-state index contributed by atoms with van der Waals surface area (Å²) in [5, 5.41) is 2.55. The summed E-state index contributed by atoms with van der Waals surface area (Å²) in [6.07, 6.45) is 8.56. The maximum absolute atomic E-state index is 2.58. The molecule has 1 heteroatoms. The minimum atomic E-state index is -0.0876. The summed E-state index contributed by atoms with van der Waals surface area (Å²) in [4.78, 5) is 2.58. The van der Waals surface area contributed by atoms with Crippen LogP contribution in [-0.4, -0.2) is 0 Å². The normalized spacial score (nSPS) is 23.0. The fourth-order valence-corrected chi connectivity index (χ4v) is 12.1. The molecule has 0 N–H and O–H groups in total. The van der Waals surface area contributed by atoms with Crippen LogP contribution in [0.1, 0.15) is 69.1 Å². The Balaban J connectivity index is 1.14. The van der Waals surface area contributed by atoms with E-state index in [4.69, 9.17) is 0 Å². The van der Waals surface area contributed by atoms with E-state index in [9.17, 15) is 0 Å². The molecule has 0 amide bonds. The number of hydrogen-bond acceptors (Lipinski definition) is 1. The van der Waals surface area contributed by atoms with Gasteiger partial charge >= 0.3 is 0 Å². The zero-order valence-electron chi connectivity index (χ0n) is 31.4. The molecule has 0 saturated heterocycles. The second kappa shape index (κ2) is 12.1. The first-order chi connectivity index (χ1) is 26.5. The lowest BCUT2D eigenvalue weighted by molar-refractivity contribution is -0.00518. The monoisotopic (exact) mass is 697 g/mol. The Morgan fingerprint density at radius 3 is 1.74 bits per heavy atom. The molecule has 7 aromatic rings. The van der Waals surface area contributed by atoms with Gasteiger partial charge in [0.25, 0.3) is 0 Å². The third-order valence-corrected chi connectivity index (χ3v) is 14.0. The molecule has 0 unspecified atom stereocenters. The Labute approximate surface area is 320 Å². The second-order valence-electron chi connectivity index (χ2n) is 17.5. The minimum Gasteiger partial charge on any atom is -0.309 e. The molecule has 264 valence electrons. The van der Waals surface area contributed by atoms with E-state index in [-0.39, 0.29) is 5.41 Å². The van der Waals surface area contributed by atoms with Crippen molar-refractivity contribution in [3.63, 3.8) is 0 Å². The van der Waals surface area contributed by atoms with Crippen molar-refractivity contribution >= 4 is 27.8 Å². The van der Waals surface area contributed by atoms with E-state index in [1.54, 1.807) is 5.56 Å². The lowest BCUT2D eigenvalue weighted by atomic mass is 9.48. The molecule has 0 spiro atoms. The molecule has 5 aliphatic carbocycles. The number of anilines is 3. The van der Waals surface area contributed by atoms with Crippen LogP contribution in [0.3, 0.4) is 0 Å². The van der Waals surface area contributed by atoms with E-state index < -0.39 is 0 Å². The minimum absolute atomic E-state index is 0.0876. The third-order valence-electron chi connectivity index (χ3n) is 14.0. The Hall–Kier alpha value is -5.40. The average Bonchev–Trinajstić information content (AvgIpc) is 3.44. The number of hydrogen-bond donors (Lipinski definition) is 0. The van der Waals surface area contributed by atoms with E-state index in [0.29, 0.717) is 5.41 Å². The Morgan fingerprint density at radius 2 is 1.02 bits per heavy atom. The van der Waals surface area contributed by atoms with Crippen molar-refractivity contribution in [2.75, 3.05) is 4.90 Å². The number of nitrogens with zero attached hydrogens (tertiary/aromatic N) is 1. The maximum atomic E-state index is 2.58. The highest BCUT2D eigenvalue weighted by Gasteiger charge is 2.51. The van der Waals surface area contributed by atoms with Gasteiger partial charge in [-0.2, -0.15) is 0 Å². The van der Waals surface area contributed by atoms with Gasteiger partial charge in [0.05, 0.1) is 11.4 Å². The fourth-order valence-electron chi connectivity index (χ4n) is 12.1. The third kappa shape index (κ3) is 4.83. The van der Waals surface area contributed by atoms with Crippen molar-refractivity contribution in [1.82, 2.24) is 0 Å². The molecule has 54 heavy (non-hydrogen) atoms. The first kappa shape index (κ1) is 32.1. The van der Waals surface area contributed by atoms with Crippen molar-refractivity contribution in [3.05, 3.63) is 174 Å². The summed E-state index contributed by atoms with van der Waals surface area (Å²) in [7, 11) is 0. The second-order valence-corrected chi connectivity index (χ2v) is 17.5. The van der Waals surface area contributed by atoms with Gasteiger partial charge in [0.15, 0.2) is 0 Å². The van der Waals surface area contributed by atoms with Gasteiger partial charge in [-0.25, -0.2) is 0 Å². The maximum Gasteiger partial charge on any atom is 0.0543 e. The summed E-state index contributed by atoms with van der Waals surface area (Å²) in [6, 6.07) is 59.6. The van der Waals surface area contributed by atoms with Gasteiger partial charge in [-0.15, -0.1) is 0 Å². The smallest absolute Gasteiger partial charge is 0.0543 e. The van der Waals surface area contributed by atoms with E-state index in [0.717, 1.165) is 17.8 Å². The largest absolute Gasteiger partial charge is 0.309 e. The molecule has 7 aromatic carbocycles. The molecule has 4 saturated carbocycles. The molecule has 0 aromatic heterocycles. The Kier molecular flexibility index (Phi) is 7.16. The van der Waals surface area contributed by atoms with Crippen LogP contribution < -0.4 is 4.90 Å². The van der Waals surface area contributed by atoms with Crippen LogP contribution in [0, 0.1) is 17.8 Å². The zero-order chi connectivity index (χ0) is 36.0. The molecule has 0 aliphatic heterocycles. The number of rotatable bonds is 6. The highest BCUT2D eigenvalue weighted by atomic mass is 15.1. The van der Waals surface area contributed by atoms with E-state index in [1.165, 1.54) is 111 Å². The SMILES string of the molecule is CC1(C)c2ccccc2-c2c(N(c3ccc(C45CC6CC(CC(C6)C4)C5)cc3)c3ccccc3-c3cccc4cccc(-c5ccccc5)c34)cccc21. The van der Waals surface area contributed by atoms with Crippen molar-refractivity contribution in [1.29, 1.82) is 0 Å². The highest BCUT2D eigenvalue weighted by molar-refractivity contribution is 6.09. The molecule has 12 rings (SSSR count). The average molecular weight is 698 g/mol. The number of benzene rings is 7. The van der Waals surface area contributed by atoms with Crippen LogP contribution in [0.25, 0.3) is 44.2 Å². The standard InChI is InChI=1S/C53H47N/c1-52(2)46-21-8-6-18-45(46)51-47(52)22-12-24-49(51)54(41-27-25-40(26-28-41)53-32-35-29-36(33-53)31-37(30-35)34-53)48-23-9-7-17-43(48)44-20-11-16-39-15-10-19-42(50(39)44)38-13-4-3-5-14-38/h3-28,35-37H,29-34H2,1-2H3. The number of para-hydroxylation sites is 1. The van der Waals surface area contributed by atoms with Crippen LogP contribution in [0.2, 0.25) is 0 Å². The highest BCUT2D eigenvalue weighted by Crippen LogP contribution is 2.61. The van der Waals surface area contributed by atoms with Gasteiger partial charge in [-0.3, -0.25) is 0 Å². The van der Waals surface area contributed by atoms with Gasteiger partial charge in [-0.05, 0) is 136 Å². The van der Waals surface area contributed by atoms with Gasteiger partial charge < -0.3 is 4.90 Å². The summed E-state index contributed by atoms with van der Waals surface area (Å²) < 4.78 is 0. The molecular weight excluding hydrogens is 651 g/mol. The first-order valence-electron chi connectivity index (χ1n) is 20.3. The topological polar surface area (TPSA) is 3.24 Å². The van der Waals surface area contributed by atoms with Gasteiger partial charge in [0, 0.05) is 22.2 Å². The predicted octanol–water partition coefficient (Wildman–Crippen LogP) is 14.4. The van der Waals surface area contributed by atoms with E-state index in [2.05, 4.69) is 176 Å². The van der Waals surface area contributed by atoms with E-state index >= 15 is 0 Å². The molecular formula is C53H47N. The van der Waals surface area contributed by atoms with Crippen LogP contribution in [0.5, 0.6) is 0 Å². The lowest BCUT2D eigenvalue weighted by Gasteiger charge is -2.57. The van der Waals surface area contributed by atoms with Crippen LogP contribution >= 0.6 is 0 Å². The van der Waals surface area contributed by atoms with Crippen molar-refractivity contribution in [3.8, 4) is 33.4 Å². The molecule has 5 aliphatic rings. The van der Waals surface area contributed by atoms with E-state index in [1.807, 2.05) is 0 Å². The molecule has 0 radical (unpaired) electrons. The lowest BCUT2D eigenvalue weighted by Crippen LogP contribution is -2.48. The van der Waals surface area contributed by atoms with Gasteiger partial charge in [0.1, 0.15) is 0 Å². The van der Waals surface area contributed by atoms with Crippen molar-refractivity contribution in [2.24, 2.45) is 17.8 Å². The Morgan fingerprint density at radius 1 is 0.463 bits per heavy atom. The molecule has 0 heterocycles. The Bertz CT molecular complexity index is 2520. The molecule has 4 bridgehead atoms. The van der Waals surface area contributed by atoms with Gasteiger partial charge in [-0.1, -0.05) is 147 Å². The summed E-state index contributed by atoms with van der Waals surface area (Å²) in [6.45, 7) is 4.78.